The minimum Gasteiger partial charge on any atom is -0.338 e. The zero-order chi connectivity index (χ0) is 14.9. The van der Waals surface area contributed by atoms with Crippen LogP contribution in [0.2, 0.25) is 0 Å². The van der Waals surface area contributed by atoms with Crippen LogP contribution in [-0.4, -0.2) is 43.8 Å². The lowest BCUT2D eigenvalue weighted by Gasteiger charge is -2.23. The van der Waals surface area contributed by atoms with E-state index in [9.17, 15) is 13.2 Å². The number of carbonyl (C=O) groups excluding carboxylic acids is 1. The lowest BCUT2D eigenvalue weighted by molar-refractivity contribution is 0.0747. The second-order valence-electron chi connectivity index (χ2n) is 5.75. The summed E-state index contributed by atoms with van der Waals surface area (Å²) in [4.78, 5) is 13.9. The number of benzene rings is 1. The second kappa shape index (κ2) is 5.56. The molecule has 0 N–H and O–H groups in total. The maximum Gasteiger partial charge on any atom is 0.253 e. The summed E-state index contributed by atoms with van der Waals surface area (Å²) in [6, 6.07) is 7.35. The molecule has 1 amide bonds. The first-order chi connectivity index (χ1) is 9.30. The zero-order valence-electron chi connectivity index (χ0n) is 12.2. The van der Waals surface area contributed by atoms with Crippen LogP contribution in [0.5, 0.6) is 0 Å². The van der Waals surface area contributed by atoms with E-state index in [4.69, 9.17) is 0 Å². The first kappa shape index (κ1) is 15.0. The molecule has 1 heterocycles. The van der Waals surface area contributed by atoms with Crippen molar-refractivity contribution in [3.8, 4) is 0 Å². The van der Waals surface area contributed by atoms with Crippen LogP contribution in [0.4, 0.5) is 0 Å². The van der Waals surface area contributed by atoms with Crippen LogP contribution in [0.15, 0.2) is 24.3 Å². The summed E-state index contributed by atoms with van der Waals surface area (Å²) in [5.41, 5.74) is 1.80. The van der Waals surface area contributed by atoms with Gasteiger partial charge < -0.3 is 4.90 Å². The number of rotatable bonds is 3. The fraction of sp³-hybridized carbons (Fsp3) is 0.533. The Morgan fingerprint density at radius 3 is 2.30 bits per heavy atom. The van der Waals surface area contributed by atoms with E-state index in [0.29, 0.717) is 17.9 Å². The third kappa shape index (κ3) is 3.20. The van der Waals surface area contributed by atoms with Crippen molar-refractivity contribution in [1.29, 1.82) is 0 Å². The van der Waals surface area contributed by atoms with E-state index >= 15 is 0 Å². The maximum atomic E-state index is 12.4. The third-order valence-corrected chi connectivity index (χ3v) is 5.65. The number of hydrogen-bond donors (Lipinski definition) is 0. The van der Waals surface area contributed by atoms with Crippen molar-refractivity contribution in [3.05, 3.63) is 35.4 Å². The van der Waals surface area contributed by atoms with Crippen LogP contribution < -0.4 is 0 Å². The molecule has 4 nitrogen and oxygen atoms in total. The van der Waals surface area contributed by atoms with Gasteiger partial charge in [0, 0.05) is 18.7 Å². The van der Waals surface area contributed by atoms with Crippen molar-refractivity contribution in [2.75, 3.05) is 18.6 Å². The average Bonchev–Trinajstić information content (AvgIpc) is 2.77. The first-order valence-corrected chi connectivity index (χ1v) is 8.70. The summed E-state index contributed by atoms with van der Waals surface area (Å²) in [6.45, 7) is 4.21. The van der Waals surface area contributed by atoms with Crippen LogP contribution in [0.3, 0.4) is 0 Å². The van der Waals surface area contributed by atoms with Gasteiger partial charge in [-0.05, 0) is 30.0 Å². The molecule has 1 aromatic rings. The van der Waals surface area contributed by atoms with E-state index in [2.05, 4.69) is 13.8 Å². The molecule has 20 heavy (non-hydrogen) atoms. The lowest BCUT2D eigenvalue weighted by atomic mass is 10.0. The van der Waals surface area contributed by atoms with Gasteiger partial charge in [-0.15, -0.1) is 0 Å². The van der Waals surface area contributed by atoms with E-state index in [0.717, 1.165) is 0 Å². The molecule has 0 aromatic heterocycles. The van der Waals surface area contributed by atoms with Gasteiger partial charge in [-0.3, -0.25) is 4.79 Å². The Bertz CT molecular complexity index is 590. The molecule has 2 rings (SSSR count). The van der Waals surface area contributed by atoms with E-state index in [1.165, 1.54) is 5.56 Å². The van der Waals surface area contributed by atoms with Gasteiger partial charge in [0.2, 0.25) is 0 Å². The second-order valence-corrected chi connectivity index (χ2v) is 7.98. The fourth-order valence-corrected chi connectivity index (χ4v) is 4.24. The van der Waals surface area contributed by atoms with Crippen molar-refractivity contribution < 1.29 is 13.2 Å². The zero-order valence-corrected chi connectivity index (χ0v) is 13.0. The smallest absolute Gasteiger partial charge is 0.253 e. The Morgan fingerprint density at radius 1 is 1.25 bits per heavy atom. The molecule has 1 aliphatic heterocycles. The topological polar surface area (TPSA) is 54.5 Å². The van der Waals surface area contributed by atoms with Crippen molar-refractivity contribution in [3.63, 3.8) is 0 Å². The molecule has 1 saturated heterocycles. The molecule has 1 aliphatic rings. The highest BCUT2D eigenvalue weighted by atomic mass is 32.2. The number of carbonyl (C=O) groups is 1. The standard InChI is InChI=1S/C15H21NO3S/c1-11(2)12-4-6-13(7-5-12)15(17)16(3)14-8-9-20(18,19)10-14/h4-7,11,14H,8-10H2,1-3H3. The molecule has 0 spiro atoms. The number of hydrogen-bond acceptors (Lipinski definition) is 3. The molecule has 1 fully saturated rings. The molecule has 1 aromatic carbocycles. The largest absolute Gasteiger partial charge is 0.338 e. The molecule has 5 heteroatoms. The average molecular weight is 295 g/mol. The highest BCUT2D eigenvalue weighted by Crippen LogP contribution is 2.20. The highest BCUT2D eigenvalue weighted by Gasteiger charge is 2.32. The number of sulfone groups is 1. The third-order valence-electron chi connectivity index (χ3n) is 3.90. The van der Waals surface area contributed by atoms with Gasteiger partial charge >= 0.3 is 0 Å². The summed E-state index contributed by atoms with van der Waals surface area (Å²) in [5.74, 6) is 0.584. The summed E-state index contributed by atoms with van der Waals surface area (Å²) < 4.78 is 23.0. The first-order valence-electron chi connectivity index (χ1n) is 6.88. The summed E-state index contributed by atoms with van der Waals surface area (Å²) in [7, 11) is -1.28. The Kier molecular flexibility index (Phi) is 4.18. The van der Waals surface area contributed by atoms with E-state index in [1.54, 1.807) is 11.9 Å². The molecule has 0 radical (unpaired) electrons. The predicted octanol–water partition coefficient (Wildman–Crippen LogP) is 2.07. The van der Waals surface area contributed by atoms with Crippen LogP contribution >= 0.6 is 0 Å². The summed E-state index contributed by atoms with van der Waals surface area (Å²) >= 11 is 0. The van der Waals surface area contributed by atoms with Gasteiger partial charge in [0.25, 0.3) is 5.91 Å². The Hall–Kier alpha value is -1.36. The van der Waals surface area contributed by atoms with E-state index < -0.39 is 9.84 Å². The van der Waals surface area contributed by atoms with Crippen molar-refractivity contribution in [2.24, 2.45) is 0 Å². The molecule has 0 aliphatic carbocycles. The predicted molar refractivity (Wildman–Crippen MR) is 79.7 cm³/mol. The van der Waals surface area contributed by atoms with Gasteiger partial charge in [-0.1, -0.05) is 26.0 Å². The normalized spacial score (nSPS) is 21.1. The minimum atomic E-state index is -2.97. The highest BCUT2D eigenvalue weighted by molar-refractivity contribution is 7.91. The SMILES string of the molecule is CC(C)c1ccc(C(=O)N(C)C2CCS(=O)(=O)C2)cc1. The van der Waals surface area contributed by atoms with Crippen molar-refractivity contribution >= 4 is 15.7 Å². The Labute approximate surface area is 120 Å². The van der Waals surface area contributed by atoms with E-state index in [1.807, 2.05) is 24.3 Å². The lowest BCUT2D eigenvalue weighted by Crippen LogP contribution is -2.37. The molecular formula is C15H21NO3S. The van der Waals surface area contributed by atoms with Gasteiger partial charge in [0.15, 0.2) is 9.84 Å². The van der Waals surface area contributed by atoms with Crippen LogP contribution in [-0.2, 0) is 9.84 Å². The summed E-state index contributed by atoms with van der Waals surface area (Å²) in [6.07, 6.45) is 0.536. The molecule has 110 valence electrons. The molecule has 0 saturated carbocycles. The summed E-state index contributed by atoms with van der Waals surface area (Å²) in [5, 5.41) is 0. The van der Waals surface area contributed by atoms with Crippen LogP contribution in [0.1, 0.15) is 42.1 Å². The van der Waals surface area contributed by atoms with Crippen molar-refractivity contribution in [2.45, 2.75) is 32.2 Å². The molecule has 1 unspecified atom stereocenters. The molecule has 0 bridgehead atoms. The Balaban J connectivity index is 2.11. The fourth-order valence-electron chi connectivity index (χ4n) is 2.46. The molecular weight excluding hydrogens is 274 g/mol. The van der Waals surface area contributed by atoms with Crippen LogP contribution in [0, 0.1) is 0 Å². The Morgan fingerprint density at radius 2 is 1.85 bits per heavy atom. The number of nitrogens with zero attached hydrogens (tertiary/aromatic N) is 1. The van der Waals surface area contributed by atoms with Crippen molar-refractivity contribution in [1.82, 2.24) is 4.90 Å². The van der Waals surface area contributed by atoms with E-state index in [-0.39, 0.29) is 23.5 Å². The van der Waals surface area contributed by atoms with Gasteiger partial charge in [-0.25, -0.2) is 8.42 Å². The maximum absolute atomic E-state index is 12.4. The molecule has 1 atom stereocenters. The quantitative estimate of drug-likeness (QED) is 0.858. The minimum absolute atomic E-state index is 0.0827. The van der Waals surface area contributed by atoms with Gasteiger partial charge in [0.1, 0.15) is 0 Å². The van der Waals surface area contributed by atoms with Crippen LogP contribution in [0.25, 0.3) is 0 Å². The number of amides is 1. The monoisotopic (exact) mass is 295 g/mol. The van der Waals surface area contributed by atoms with Gasteiger partial charge in [-0.2, -0.15) is 0 Å². The van der Waals surface area contributed by atoms with Gasteiger partial charge in [0.05, 0.1) is 11.5 Å².